The zero-order chi connectivity index (χ0) is 13.4. The highest BCUT2D eigenvalue weighted by molar-refractivity contribution is 5.84. The number of nitrogens with zero attached hydrogens (tertiary/aromatic N) is 6. The van der Waals surface area contributed by atoms with Crippen LogP contribution in [-0.2, 0) is 6.54 Å². The number of carboxylic acid groups (broad SMARTS) is 1. The first-order valence-electron chi connectivity index (χ1n) is 5.19. The standard InChI is InChI=1S/C9H7N7O3/c17-7-1-5(12-9-10-4-11-16(7)9)2-15-3-6(8(18)19)13-14-15/h1,3-4H,2H2,(H,18,19)(H,10,11,12). The lowest BCUT2D eigenvalue weighted by Crippen LogP contribution is -2.17. The van der Waals surface area contributed by atoms with Crippen LogP contribution in [0.4, 0.5) is 0 Å². The van der Waals surface area contributed by atoms with Crippen LogP contribution in [0.3, 0.4) is 0 Å². The monoisotopic (exact) mass is 261 g/mol. The van der Waals surface area contributed by atoms with Crippen molar-refractivity contribution in [2.24, 2.45) is 0 Å². The van der Waals surface area contributed by atoms with E-state index in [1.54, 1.807) is 0 Å². The highest BCUT2D eigenvalue weighted by Crippen LogP contribution is 1.99. The number of hydrogen-bond donors (Lipinski definition) is 2. The SMILES string of the molecule is O=C(O)c1cn(Cc2cc(=O)n3[nH]cnc3n2)nn1. The highest BCUT2D eigenvalue weighted by atomic mass is 16.4. The summed E-state index contributed by atoms with van der Waals surface area (Å²) in [5.41, 5.74) is -0.0624. The minimum absolute atomic E-state index is 0.138. The molecule has 10 heteroatoms. The molecule has 0 spiro atoms. The maximum atomic E-state index is 11.7. The van der Waals surface area contributed by atoms with Crippen molar-refractivity contribution in [2.45, 2.75) is 6.54 Å². The Morgan fingerprint density at radius 2 is 2.32 bits per heavy atom. The van der Waals surface area contributed by atoms with E-state index in [0.717, 1.165) is 0 Å². The van der Waals surface area contributed by atoms with Crippen LogP contribution in [0.2, 0.25) is 0 Å². The van der Waals surface area contributed by atoms with E-state index in [1.807, 2.05) is 0 Å². The Kier molecular flexibility index (Phi) is 2.34. The Morgan fingerprint density at radius 1 is 1.47 bits per heavy atom. The van der Waals surface area contributed by atoms with Crippen LogP contribution in [0, 0.1) is 0 Å². The number of H-pyrrole nitrogens is 1. The van der Waals surface area contributed by atoms with Crippen molar-refractivity contribution >= 4 is 11.7 Å². The minimum atomic E-state index is -1.16. The summed E-state index contributed by atoms with van der Waals surface area (Å²) in [7, 11) is 0. The van der Waals surface area contributed by atoms with E-state index >= 15 is 0 Å². The van der Waals surface area contributed by atoms with E-state index in [1.165, 1.54) is 27.8 Å². The van der Waals surface area contributed by atoms with Crippen LogP contribution in [0.5, 0.6) is 0 Å². The highest BCUT2D eigenvalue weighted by Gasteiger charge is 2.10. The molecule has 0 aromatic carbocycles. The number of carboxylic acids is 1. The van der Waals surface area contributed by atoms with E-state index in [0.29, 0.717) is 5.69 Å². The first-order chi connectivity index (χ1) is 9.13. The van der Waals surface area contributed by atoms with Crippen molar-refractivity contribution in [3.8, 4) is 0 Å². The molecule has 3 aromatic rings. The van der Waals surface area contributed by atoms with Gasteiger partial charge in [-0.1, -0.05) is 5.21 Å². The van der Waals surface area contributed by atoms with Crippen LogP contribution in [0.1, 0.15) is 16.2 Å². The summed E-state index contributed by atoms with van der Waals surface area (Å²) in [5, 5.41) is 18.4. The summed E-state index contributed by atoms with van der Waals surface area (Å²) in [5.74, 6) is -0.928. The zero-order valence-corrected chi connectivity index (χ0v) is 9.39. The third kappa shape index (κ3) is 1.94. The number of nitrogens with one attached hydrogen (secondary N) is 1. The summed E-state index contributed by atoms with van der Waals surface area (Å²) in [6.07, 6.45) is 2.61. The lowest BCUT2D eigenvalue weighted by atomic mass is 10.4. The zero-order valence-electron chi connectivity index (χ0n) is 9.39. The molecule has 10 nitrogen and oxygen atoms in total. The molecule has 0 saturated carbocycles. The second-order valence-electron chi connectivity index (χ2n) is 3.71. The van der Waals surface area contributed by atoms with Crippen LogP contribution in [0.25, 0.3) is 5.78 Å². The molecule has 3 aromatic heterocycles. The lowest BCUT2D eigenvalue weighted by Gasteiger charge is -1.99. The Morgan fingerprint density at radius 3 is 3.05 bits per heavy atom. The van der Waals surface area contributed by atoms with Gasteiger partial charge in [0.25, 0.3) is 11.3 Å². The number of aromatic amines is 1. The summed E-state index contributed by atoms with van der Waals surface area (Å²) < 4.78 is 2.47. The first kappa shape index (κ1) is 11.1. The molecule has 3 heterocycles. The van der Waals surface area contributed by atoms with Crippen molar-refractivity contribution in [1.82, 2.24) is 34.6 Å². The fourth-order valence-electron chi connectivity index (χ4n) is 1.59. The molecule has 0 atom stereocenters. The minimum Gasteiger partial charge on any atom is -0.476 e. The predicted octanol–water partition coefficient (Wildman–Crippen LogP) is -1.24. The van der Waals surface area contributed by atoms with Gasteiger partial charge in [-0.3, -0.25) is 9.89 Å². The van der Waals surface area contributed by atoms with E-state index in [9.17, 15) is 9.59 Å². The predicted molar refractivity (Wildman–Crippen MR) is 59.7 cm³/mol. The average Bonchev–Trinajstić information content (AvgIpc) is 2.97. The van der Waals surface area contributed by atoms with Crippen molar-refractivity contribution in [3.05, 3.63) is 40.3 Å². The number of aromatic carboxylic acids is 1. The summed E-state index contributed by atoms with van der Waals surface area (Å²) >= 11 is 0. The molecule has 0 aliphatic heterocycles. The number of rotatable bonds is 3. The Hall–Kier alpha value is -3.04. The van der Waals surface area contributed by atoms with E-state index < -0.39 is 5.97 Å². The number of hydrogen-bond acceptors (Lipinski definition) is 6. The maximum absolute atomic E-state index is 11.7. The first-order valence-corrected chi connectivity index (χ1v) is 5.19. The largest absolute Gasteiger partial charge is 0.476 e. The third-order valence-electron chi connectivity index (χ3n) is 2.40. The third-order valence-corrected chi connectivity index (χ3v) is 2.40. The van der Waals surface area contributed by atoms with Crippen molar-refractivity contribution in [1.29, 1.82) is 0 Å². The van der Waals surface area contributed by atoms with Crippen LogP contribution in [-0.4, -0.2) is 45.7 Å². The molecule has 0 unspecified atom stereocenters. The molecule has 0 aliphatic carbocycles. The van der Waals surface area contributed by atoms with Crippen molar-refractivity contribution in [2.75, 3.05) is 0 Å². The van der Waals surface area contributed by atoms with Gasteiger partial charge in [0, 0.05) is 6.07 Å². The smallest absolute Gasteiger partial charge is 0.358 e. The molecular weight excluding hydrogens is 254 g/mol. The normalized spacial score (nSPS) is 10.9. The summed E-state index contributed by atoms with van der Waals surface area (Å²) in [6, 6.07) is 1.31. The fraction of sp³-hybridized carbons (Fsp3) is 0.111. The van der Waals surface area contributed by atoms with Crippen LogP contribution >= 0.6 is 0 Å². The molecule has 0 saturated heterocycles. The Bertz CT molecular complexity index is 814. The van der Waals surface area contributed by atoms with Gasteiger partial charge in [0.1, 0.15) is 6.33 Å². The van der Waals surface area contributed by atoms with Gasteiger partial charge < -0.3 is 5.11 Å². The van der Waals surface area contributed by atoms with Gasteiger partial charge >= 0.3 is 5.97 Å². The molecule has 19 heavy (non-hydrogen) atoms. The van der Waals surface area contributed by atoms with Crippen LogP contribution in [0.15, 0.2) is 23.4 Å². The lowest BCUT2D eigenvalue weighted by molar-refractivity contribution is 0.0690. The second kappa shape index (κ2) is 4.01. The molecule has 3 rings (SSSR count). The van der Waals surface area contributed by atoms with Gasteiger partial charge in [-0.15, -0.1) is 5.10 Å². The van der Waals surface area contributed by atoms with Crippen molar-refractivity contribution in [3.63, 3.8) is 0 Å². The van der Waals surface area contributed by atoms with E-state index in [4.69, 9.17) is 5.11 Å². The maximum Gasteiger partial charge on any atom is 0.358 e. The molecule has 96 valence electrons. The number of aromatic nitrogens is 7. The molecule has 0 aliphatic rings. The molecule has 0 bridgehead atoms. The van der Waals surface area contributed by atoms with Crippen LogP contribution < -0.4 is 5.56 Å². The quantitative estimate of drug-likeness (QED) is 0.602. The van der Waals surface area contributed by atoms with Gasteiger partial charge in [-0.2, -0.15) is 4.52 Å². The van der Waals surface area contributed by atoms with E-state index in [2.05, 4.69) is 25.4 Å². The fourth-order valence-corrected chi connectivity index (χ4v) is 1.59. The van der Waals surface area contributed by atoms with Gasteiger partial charge in [0.2, 0.25) is 0 Å². The van der Waals surface area contributed by atoms with E-state index in [-0.39, 0.29) is 23.6 Å². The number of fused-ring (bicyclic) bond motifs is 1. The second-order valence-corrected chi connectivity index (χ2v) is 3.71. The summed E-state index contributed by atoms with van der Waals surface area (Å²) in [4.78, 5) is 30.3. The molecular formula is C9H7N7O3. The van der Waals surface area contributed by atoms with Gasteiger partial charge in [0.15, 0.2) is 5.69 Å². The number of carbonyl (C=O) groups is 1. The average molecular weight is 261 g/mol. The molecule has 0 amide bonds. The summed E-state index contributed by atoms with van der Waals surface area (Å²) in [6.45, 7) is 0.138. The molecule has 0 radical (unpaired) electrons. The Labute approximate surface area is 104 Å². The van der Waals surface area contributed by atoms with Gasteiger partial charge in [-0.05, 0) is 0 Å². The van der Waals surface area contributed by atoms with Gasteiger partial charge in [0.05, 0.1) is 18.4 Å². The Balaban J connectivity index is 1.96. The van der Waals surface area contributed by atoms with Crippen molar-refractivity contribution < 1.29 is 9.90 Å². The molecule has 0 fully saturated rings. The molecule has 2 N–H and O–H groups in total. The van der Waals surface area contributed by atoms with Gasteiger partial charge in [-0.25, -0.2) is 19.4 Å². The topological polar surface area (TPSA) is 131 Å².